The molecule has 0 bridgehead atoms. The van der Waals surface area contributed by atoms with E-state index in [1.807, 2.05) is 6.92 Å². The van der Waals surface area contributed by atoms with E-state index >= 15 is 0 Å². The van der Waals surface area contributed by atoms with Crippen molar-refractivity contribution >= 4 is 21.6 Å². The lowest BCUT2D eigenvalue weighted by Crippen LogP contribution is -2.33. The first-order chi connectivity index (χ1) is 8.90. The molecule has 0 unspecified atom stereocenters. The molecule has 0 aliphatic carbocycles. The lowest BCUT2D eigenvalue weighted by atomic mass is 10.2. The summed E-state index contributed by atoms with van der Waals surface area (Å²) in [5.74, 6) is 0.516. The van der Waals surface area contributed by atoms with Crippen LogP contribution in [0.5, 0.6) is 5.75 Å². The molecule has 19 heavy (non-hydrogen) atoms. The van der Waals surface area contributed by atoms with E-state index in [-0.39, 0.29) is 0 Å². The number of nitrogens with one attached hydrogen (secondary N) is 1. The first-order valence-electron chi connectivity index (χ1n) is 6.08. The number of benzene rings is 1. The Kier molecular flexibility index (Phi) is 5.44. The Labute approximate surface area is 114 Å². The van der Waals surface area contributed by atoms with E-state index in [1.54, 1.807) is 19.2 Å². The van der Waals surface area contributed by atoms with E-state index in [4.69, 9.17) is 10.5 Å². The summed E-state index contributed by atoms with van der Waals surface area (Å²) < 4.78 is 32.8. The third-order valence-corrected chi connectivity index (χ3v) is 4.21. The second-order valence-electron chi connectivity index (χ2n) is 4.24. The van der Waals surface area contributed by atoms with Crippen LogP contribution in [0.15, 0.2) is 18.2 Å². The van der Waals surface area contributed by atoms with Crippen LogP contribution in [0.25, 0.3) is 0 Å². The minimum Gasteiger partial charge on any atom is -0.495 e. The summed E-state index contributed by atoms with van der Waals surface area (Å²) in [4.78, 5) is 0. The van der Waals surface area contributed by atoms with Crippen LogP contribution >= 0.6 is 0 Å². The van der Waals surface area contributed by atoms with Crippen molar-refractivity contribution in [2.75, 3.05) is 31.2 Å². The average molecular weight is 287 g/mol. The molecule has 6 nitrogen and oxygen atoms in total. The summed E-state index contributed by atoms with van der Waals surface area (Å²) in [7, 11) is -0.480. The average Bonchev–Trinajstić information content (AvgIpc) is 2.35. The number of nitrogen functional groups attached to an aromatic ring is 1. The Morgan fingerprint density at radius 1 is 1.42 bits per heavy atom. The third-order valence-electron chi connectivity index (χ3n) is 2.71. The Morgan fingerprint density at radius 3 is 2.63 bits per heavy atom. The summed E-state index contributed by atoms with van der Waals surface area (Å²) in [6, 6.07) is 4.77. The molecule has 1 rings (SSSR count). The van der Waals surface area contributed by atoms with Crippen molar-refractivity contribution < 1.29 is 13.2 Å². The van der Waals surface area contributed by atoms with Gasteiger partial charge in [-0.3, -0.25) is 4.72 Å². The van der Waals surface area contributed by atoms with Gasteiger partial charge in [-0.25, -0.2) is 0 Å². The molecule has 0 heterocycles. The number of anilines is 2. The van der Waals surface area contributed by atoms with Crippen molar-refractivity contribution in [3.05, 3.63) is 18.2 Å². The van der Waals surface area contributed by atoms with Gasteiger partial charge in [0.05, 0.1) is 18.5 Å². The number of rotatable bonds is 7. The molecule has 0 aliphatic rings. The molecular formula is C12H21N3O3S. The van der Waals surface area contributed by atoms with Crippen LogP contribution in [0.3, 0.4) is 0 Å². The largest absolute Gasteiger partial charge is 0.495 e. The number of hydrogen-bond donors (Lipinski definition) is 2. The predicted octanol–water partition coefficient (Wildman–Crippen LogP) is 1.67. The van der Waals surface area contributed by atoms with Crippen LogP contribution < -0.4 is 15.2 Å². The molecule has 1 aromatic carbocycles. The Balaban J connectivity index is 2.80. The Bertz CT molecular complexity index is 517. The van der Waals surface area contributed by atoms with Crippen LogP contribution in [0.2, 0.25) is 0 Å². The van der Waals surface area contributed by atoms with Crippen molar-refractivity contribution in [2.45, 2.75) is 19.8 Å². The molecule has 0 amide bonds. The van der Waals surface area contributed by atoms with Gasteiger partial charge in [0, 0.05) is 13.6 Å². The van der Waals surface area contributed by atoms with E-state index < -0.39 is 10.2 Å². The van der Waals surface area contributed by atoms with Gasteiger partial charge in [0.1, 0.15) is 5.75 Å². The second-order valence-corrected chi connectivity index (χ2v) is 6.02. The lowest BCUT2D eigenvalue weighted by Gasteiger charge is -2.18. The molecule has 3 N–H and O–H groups in total. The van der Waals surface area contributed by atoms with Crippen LogP contribution in [-0.4, -0.2) is 33.4 Å². The SMILES string of the molecule is CCCCN(C)S(=O)(=O)Nc1ccc(OC)c(N)c1. The number of unbranched alkanes of at least 4 members (excludes halogenated alkanes) is 1. The van der Waals surface area contributed by atoms with E-state index in [9.17, 15) is 8.42 Å². The summed E-state index contributed by atoms with van der Waals surface area (Å²) in [6.07, 6.45) is 1.76. The summed E-state index contributed by atoms with van der Waals surface area (Å²) in [6.45, 7) is 2.50. The van der Waals surface area contributed by atoms with Crippen molar-refractivity contribution in [1.82, 2.24) is 4.31 Å². The highest BCUT2D eigenvalue weighted by Crippen LogP contribution is 2.25. The first-order valence-corrected chi connectivity index (χ1v) is 7.52. The third kappa shape index (κ3) is 4.29. The topological polar surface area (TPSA) is 84.7 Å². The van der Waals surface area contributed by atoms with Gasteiger partial charge in [0.25, 0.3) is 0 Å². The van der Waals surface area contributed by atoms with E-state index in [1.165, 1.54) is 17.5 Å². The normalized spacial score (nSPS) is 11.6. The monoisotopic (exact) mass is 287 g/mol. The zero-order chi connectivity index (χ0) is 14.5. The molecule has 0 saturated heterocycles. The Morgan fingerprint density at radius 2 is 2.11 bits per heavy atom. The molecule has 7 heteroatoms. The molecule has 0 spiro atoms. The molecule has 0 radical (unpaired) electrons. The van der Waals surface area contributed by atoms with Crippen LogP contribution in [0.1, 0.15) is 19.8 Å². The van der Waals surface area contributed by atoms with Gasteiger partial charge in [0.2, 0.25) is 0 Å². The highest BCUT2D eigenvalue weighted by molar-refractivity contribution is 7.90. The summed E-state index contributed by atoms with van der Waals surface area (Å²) in [5, 5.41) is 0. The number of methoxy groups -OCH3 is 1. The number of nitrogens with zero attached hydrogens (tertiary/aromatic N) is 1. The maximum absolute atomic E-state index is 12.0. The molecule has 0 fully saturated rings. The minimum absolute atomic E-state index is 0.388. The molecule has 108 valence electrons. The van der Waals surface area contributed by atoms with Crippen molar-refractivity contribution in [2.24, 2.45) is 0 Å². The van der Waals surface area contributed by atoms with E-state index in [0.717, 1.165) is 12.8 Å². The smallest absolute Gasteiger partial charge is 0.301 e. The molecule has 1 aromatic rings. The van der Waals surface area contributed by atoms with Gasteiger partial charge in [-0.05, 0) is 24.6 Å². The van der Waals surface area contributed by atoms with E-state index in [0.29, 0.717) is 23.7 Å². The zero-order valence-electron chi connectivity index (χ0n) is 11.5. The van der Waals surface area contributed by atoms with Crippen LogP contribution in [-0.2, 0) is 10.2 Å². The van der Waals surface area contributed by atoms with Gasteiger partial charge >= 0.3 is 10.2 Å². The highest BCUT2D eigenvalue weighted by atomic mass is 32.2. The fourth-order valence-electron chi connectivity index (χ4n) is 1.53. The maximum Gasteiger partial charge on any atom is 0.301 e. The zero-order valence-corrected chi connectivity index (χ0v) is 12.3. The number of nitrogens with two attached hydrogens (primary N) is 1. The van der Waals surface area contributed by atoms with E-state index in [2.05, 4.69) is 4.72 Å². The van der Waals surface area contributed by atoms with Gasteiger partial charge in [-0.2, -0.15) is 12.7 Å². The first kappa shape index (κ1) is 15.6. The van der Waals surface area contributed by atoms with Gasteiger partial charge < -0.3 is 10.5 Å². The van der Waals surface area contributed by atoms with Crippen LogP contribution in [0, 0.1) is 0 Å². The maximum atomic E-state index is 12.0. The minimum atomic E-state index is -3.53. The predicted molar refractivity (Wildman–Crippen MR) is 77.5 cm³/mol. The van der Waals surface area contributed by atoms with Crippen LogP contribution in [0.4, 0.5) is 11.4 Å². The molecule has 0 saturated carbocycles. The quantitative estimate of drug-likeness (QED) is 0.747. The van der Waals surface area contributed by atoms with Crippen molar-refractivity contribution in [3.63, 3.8) is 0 Å². The molecule has 0 aromatic heterocycles. The fourth-order valence-corrected chi connectivity index (χ4v) is 2.48. The molecular weight excluding hydrogens is 266 g/mol. The van der Waals surface area contributed by atoms with Crippen molar-refractivity contribution in [3.8, 4) is 5.75 Å². The fraction of sp³-hybridized carbons (Fsp3) is 0.500. The Hall–Kier alpha value is -1.47. The molecule has 0 aliphatic heterocycles. The number of ether oxygens (including phenoxy) is 1. The highest BCUT2D eigenvalue weighted by Gasteiger charge is 2.17. The summed E-state index contributed by atoms with van der Waals surface area (Å²) in [5.41, 5.74) is 6.54. The molecule has 0 atom stereocenters. The number of hydrogen-bond acceptors (Lipinski definition) is 4. The standard InChI is InChI=1S/C12H21N3O3S/c1-4-5-8-15(2)19(16,17)14-10-6-7-12(18-3)11(13)9-10/h6-7,9,14H,4-5,8,13H2,1-3H3. The van der Waals surface area contributed by atoms with Crippen molar-refractivity contribution in [1.29, 1.82) is 0 Å². The van der Waals surface area contributed by atoms with Gasteiger partial charge in [-0.15, -0.1) is 0 Å². The van der Waals surface area contributed by atoms with Gasteiger partial charge in [0.15, 0.2) is 0 Å². The second kappa shape index (κ2) is 6.63. The lowest BCUT2D eigenvalue weighted by molar-refractivity contribution is 0.417. The van der Waals surface area contributed by atoms with Gasteiger partial charge in [-0.1, -0.05) is 13.3 Å². The summed E-state index contributed by atoms with van der Waals surface area (Å²) >= 11 is 0.